The Morgan fingerprint density at radius 1 is 1.41 bits per heavy atom. The van der Waals surface area contributed by atoms with Crippen LogP contribution in [0.1, 0.15) is 0 Å². The fourth-order valence-corrected chi connectivity index (χ4v) is 2.09. The lowest BCUT2D eigenvalue weighted by Gasteiger charge is -2.11. The van der Waals surface area contributed by atoms with E-state index in [2.05, 4.69) is 20.9 Å². The average Bonchev–Trinajstić information content (AvgIpc) is 2.29. The maximum Gasteiger partial charge on any atom is 0.261 e. The van der Waals surface area contributed by atoms with E-state index in [0.717, 1.165) is 16.5 Å². The first-order valence-electron chi connectivity index (χ1n) is 5.38. The van der Waals surface area contributed by atoms with Gasteiger partial charge >= 0.3 is 0 Å². The first kappa shape index (κ1) is 12.3. The molecule has 0 saturated heterocycles. The zero-order valence-electron chi connectivity index (χ0n) is 9.85. The first-order valence-corrected chi connectivity index (χ1v) is 6.17. The van der Waals surface area contributed by atoms with Crippen LogP contribution in [0.4, 0.5) is 0 Å². The number of benzene rings is 1. The highest BCUT2D eigenvalue weighted by Gasteiger charge is 2.06. The molecule has 0 unspecified atom stereocenters. The molecule has 0 N–H and O–H groups in total. The molecular formula is C12H14BrN3O. The third kappa shape index (κ3) is 2.56. The van der Waals surface area contributed by atoms with Crippen LogP contribution < -0.4 is 5.56 Å². The van der Waals surface area contributed by atoms with Gasteiger partial charge < -0.3 is 4.90 Å². The topological polar surface area (TPSA) is 38.1 Å². The minimum Gasteiger partial charge on any atom is -0.308 e. The summed E-state index contributed by atoms with van der Waals surface area (Å²) in [6.45, 7) is 1.47. The molecule has 1 heterocycles. The maximum absolute atomic E-state index is 12.2. The van der Waals surface area contributed by atoms with Crippen LogP contribution in [0, 0.1) is 0 Å². The highest BCUT2D eigenvalue weighted by molar-refractivity contribution is 9.10. The molecule has 0 aliphatic rings. The van der Waals surface area contributed by atoms with Gasteiger partial charge in [0, 0.05) is 17.6 Å². The van der Waals surface area contributed by atoms with Crippen molar-refractivity contribution in [1.29, 1.82) is 0 Å². The molecular weight excluding hydrogens is 282 g/mol. The second-order valence-corrected chi connectivity index (χ2v) is 5.04. The molecule has 0 fully saturated rings. The lowest BCUT2D eigenvalue weighted by atomic mass is 10.2. The summed E-state index contributed by atoms with van der Waals surface area (Å²) in [5.74, 6) is 0. The second kappa shape index (κ2) is 4.98. The lowest BCUT2D eigenvalue weighted by Crippen LogP contribution is -2.26. The highest BCUT2D eigenvalue weighted by atomic mass is 79.9. The number of hydrogen-bond donors (Lipinski definition) is 0. The van der Waals surface area contributed by atoms with Crippen molar-refractivity contribution in [2.24, 2.45) is 0 Å². The smallest absolute Gasteiger partial charge is 0.261 e. The molecule has 0 spiro atoms. The molecule has 0 aliphatic heterocycles. The Morgan fingerprint density at radius 2 is 2.18 bits per heavy atom. The Kier molecular flexibility index (Phi) is 3.59. The van der Waals surface area contributed by atoms with Crippen molar-refractivity contribution in [2.75, 3.05) is 20.6 Å². The van der Waals surface area contributed by atoms with Gasteiger partial charge in [0.2, 0.25) is 0 Å². The Balaban J connectivity index is 2.48. The van der Waals surface area contributed by atoms with Crippen LogP contribution in [-0.2, 0) is 6.54 Å². The van der Waals surface area contributed by atoms with Gasteiger partial charge in [0.25, 0.3) is 5.56 Å². The van der Waals surface area contributed by atoms with Crippen molar-refractivity contribution in [3.05, 3.63) is 39.4 Å². The summed E-state index contributed by atoms with van der Waals surface area (Å²) in [5, 5.41) is 0.653. The zero-order valence-corrected chi connectivity index (χ0v) is 11.4. The number of hydrogen-bond acceptors (Lipinski definition) is 3. The molecule has 1 aromatic carbocycles. The third-order valence-corrected chi connectivity index (χ3v) is 3.23. The molecule has 0 radical (unpaired) electrons. The molecule has 0 amide bonds. The van der Waals surface area contributed by atoms with Crippen LogP contribution in [0.2, 0.25) is 0 Å². The van der Waals surface area contributed by atoms with E-state index in [1.165, 1.54) is 0 Å². The minimum atomic E-state index is 0.0122. The lowest BCUT2D eigenvalue weighted by molar-refractivity contribution is 0.380. The Hall–Kier alpha value is -1.20. The molecule has 90 valence electrons. The SMILES string of the molecule is CN(C)CCn1cnc2c(Br)cccc2c1=O. The van der Waals surface area contributed by atoms with E-state index in [4.69, 9.17) is 0 Å². The summed E-state index contributed by atoms with van der Waals surface area (Å²) in [6, 6.07) is 5.55. The Labute approximate surface area is 108 Å². The Bertz CT molecular complexity index is 592. The van der Waals surface area contributed by atoms with E-state index >= 15 is 0 Å². The fourth-order valence-electron chi connectivity index (χ4n) is 1.62. The number of para-hydroxylation sites is 1. The number of fused-ring (bicyclic) bond motifs is 1. The quantitative estimate of drug-likeness (QED) is 0.865. The van der Waals surface area contributed by atoms with Gasteiger partial charge in [-0.1, -0.05) is 6.07 Å². The monoisotopic (exact) mass is 295 g/mol. The van der Waals surface area contributed by atoms with Crippen LogP contribution in [0.25, 0.3) is 10.9 Å². The summed E-state index contributed by atoms with van der Waals surface area (Å²) < 4.78 is 2.50. The van der Waals surface area contributed by atoms with Crippen molar-refractivity contribution in [3.8, 4) is 0 Å². The molecule has 4 nitrogen and oxygen atoms in total. The summed E-state index contributed by atoms with van der Waals surface area (Å²) in [4.78, 5) is 18.5. The average molecular weight is 296 g/mol. The van der Waals surface area contributed by atoms with Crippen molar-refractivity contribution in [3.63, 3.8) is 0 Å². The van der Waals surface area contributed by atoms with E-state index in [9.17, 15) is 4.79 Å². The zero-order chi connectivity index (χ0) is 12.4. The summed E-state index contributed by atoms with van der Waals surface area (Å²) in [7, 11) is 3.96. The Morgan fingerprint density at radius 3 is 2.88 bits per heavy atom. The van der Waals surface area contributed by atoms with Crippen molar-refractivity contribution in [1.82, 2.24) is 14.5 Å². The van der Waals surface area contributed by atoms with Crippen LogP contribution in [-0.4, -0.2) is 35.1 Å². The van der Waals surface area contributed by atoms with Crippen LogP contribution in [0.5, 0.6) is 0 Å². The summed E-state index contributed by atoms with van der Waals surface area (Å²) in [6.07, 6.45) is 1.61. The predicted molar refractivity (Wildman–Crippen MR) is 72.3 cm³/mol. The van der Waals surface area contributed by atoms with Gasteiger partial charge in [-0.25, -0.2) is 4.98 Å². The number of likely N-dealkylation sites (N-methyl/N-ethyl adjacent to an activating group) is 1. The molecule has 1 aromatic heterocycles. The summed E-state index contributed by atoms with van der Waals surface area (Å²) in [5.41, 5.74) is 0.733. The number of halogens is 1. The van der Waals surface area contributed by atoms with Gasteiger partial charge in [0.15, 0.2) is 0 Å². The standard InChI is InChI=1S/C12H14BrN3O/c1-15(2)6-7-16-8-14-11-9(12(16)17)4-3-5-10(11)13/h3-5,8H,6-7H2,1-2H3. The van der Waals surface area contributed by atoms with Gasteiger partial charge in [-0.05, 0) is 42.2 Å². The molecule has 5 heteroatoms. The highest BCUT2D eigenvalue weighted by Crippen LogP contribution is 2.18. The van der Waals surface area contributed by atoms with E-state index in [1.807, 2.05) is 37.2 Å². The fraction of sp³-hybridized carbons (Fsp3) is 0.333. The number of rotatable bonds is 3. The molecule has 0 atom stereocenters. The predicted octanol–water partition coefficient (Wildman–Crippen LogP) is 1.72. The molecule has 2 rings (SSSR count). The van der Waals surface area contributed by atoms with Gasteiger partial charge in [-0.2, -0.15) is 0 Å². The van der Waals surface area contributed by atoms with Crippen LogP contribution in [0.15, 0.2) is 33.8 Å². The van der Waals surface area contributed by atoms with E-state index < -0.39 is 0 Å². The summed E-state index contributed by atoms with van der Waals surface area (Å²) >= 11 is 3.40. The first-order chi connectivity index (χ1) is 8.09. The number of nitrogens with zero attached hydrogens (tertiary/aromatic N) is 3. The van der Waals surface area contributed by atoms with Crippen LogP contribution in [0.3, 0.4) is 0 Å². The van der Waals surface area contributed by atoms with Crippen LogP contribution >= 0.6 is 15.9 Å². The molecule has 17 heavy (non-hydrogen) atoms. The molecule has 0 aliphatic carbocycles. The van der Waals surface area contributed by atoms with E-state index in [0.29, 0.717) is 11.9 Å². The normalized spacial score (nSPS) is 11.3. The van der Waals surface area contributed by atoms with E-state index in [-0.39, 0.29) is 5.56 Å². The van der Waals surface area contributed by atoms with Crippen molar-refractivity contribution >= 4 is 26.8 Å². The van der Waals surface area contributed by atoms with Crippen molar-refractivity contribution < 1.29 is 0 Å². The largest absolute Gasteiger partial charge is 0.308 e. The molecule has 0 saturated carbocycles. The van der Waals surface area contributed by atoms with Gasteiger partial charge in [-0.15, -0.1) is 0 Å². The van der Waals surface area contributed by atoms with Crippen molar-refractivity contribution in [2.45, 2.75) is 6.54 Å². The minimum absolute atomic E-state index is 0.0122. The molecule has 2 aromatic rings. The number of aromatic nitrogens is 2. The molecule has 0 bridgehead atoms. The van der Waals surface area contributed by atoms with Gasteiger partial charge in [0.1, 0.15) is 0 Å². The van der Waals surface area contributed by atoms with Gasteiger partial charge in [-0.3, -0.25) is 9.36 Å². The second-order valence-electron chi connectivity index (χ2n) is 4.18. The van der Waals surface area contributed by atoms with Gasteiger partial charge in [0.05, 0.1) is 17.2 Å². The third-order valence-electron chi connectivity index (χ3n) is 2.59. The maximum atomic E-state index is 12.2. The van der Waals surface area contributed by atoms with E-state index in [1.54, 1.807) is 10.9 Å².